The molecule has 0 radical (unpaired) electrons. The van der Waals surface area contributed by atoms with Gasteiger partial charge in [0.05, 0.1) is 11.8 Å². The van der Waals surface area contributed by atoms with E-state index in [0.717, 1.165) is 0 Å². The Labute approximate surface area is 89.8 Å². The Hall–Kier alpha value is -1.29. The fourth-order valence-corrected chi connectivity index (χ4v) is 1.26. The molecule has 0 bridgehead atoms. The predicted molar refractivity (Wildman–Crippen MR) is 58.5 cm³/mol. The van der Waals surface area contributed by atoms with Crippen LogP contribution in [0.1, 0.15) is 31.1 Å². The van der Waals surface area contributed by atoms with Crippen LogP contribution in [0.4, 0.5) is 0 Å². The van der Waals surface area contributed by atoms with Gasteiger partial charge >= 0.3 is 0 Å². The molecule has 1 unspecified atom stereocenters. The summed E-state index contributed by atoms with van der Waals surface area (Å²) in [6.45, 7) is 6.55. The lowest BCUT2D eigenvalue weighted by Gasteiger charge is -2.30. The summed E-state index contributed by atoms with van der Waals surface area (Å²) in [7, 11) is 0. The molecule has 0 aliphatic heterocycles. The van der Waals surface area contributed by atoms with E-state index in [1.165, 1.54) is 12.5 Å². The number of carbonyl (C=O) groups is 1. The number of amides is 1. The van der Waals surface area contributed by atoms with Crippen molar-refractivity contribution in [3.05, 3.63) is 24.2 Å². The first-order valence-corrected chi connectivity index (χ1v) is 4.98. The Kier molecular flexibility index (Phi) is 3.52. The highest BCUT2D eigenvalue weighted by Gasteiger charge is 2.25. The van der Waals surface area contributed by atoms with Crippen LogP contribution in [0.3, 0.4) is 0 Å². The van der Waals surface area contributed by atoms with E-state index in [0.29, 0.717) is 12.1 Å². The van der Waals surface area contributed by atoms with Crippen molar-refractivity contribution in [1.29, 1.82) is 0 Å². The van der Waals surface area contributed by atoms with Gasteiger partial charge < -0.3 is 15.5 Å². The van der Waals surface area contributed by atoms with Gasteiger partial charge in [-0.2, -0.15) is 0 Å². The molecular formula is C11H18N2O2. The van der Waals surface area contributed by atoms with E-state index < -0.39 is 0 Å². The lowest BCUT2D eigenvalue weighted by Crippen LogP contribution is -2.48. The molecule has 0 saturated heterocycles. The van der Waals surface area contributed by atoms with Gasteiger partial charge in [-0.1, -0.05) is 20.8 Å². The Morgan fingerprint density at radius 3 is 2.67 bits per heavy atom. The highest BCUT2D eigenvalue weighted by molar-refractivity contribution is 5.94. The summed E-state index contributed by atoms with van der Waals surface area (Å²) in [5.41, 5.74) is 6.10. The van der Waals surface area contributed by atoms with Crippen LogP contribution in [0.2, 0.25) is 0 Å². The molecule has 1 aromatic rings. The zero-order valence-electron chi connectivity index (χ0n) is 9.41. The lowest BCUT2D eigenvalue weighted by atomic mass is 9.86. The van der Waals surface area contributed by atoms with Crippen molar-refractivity contribution in [3.63, 3.8) is 0 Å². The first kappa shape index (κ1) is 11.8. The van der Waals surface area contributed by atoms with E-state index in [2.05, 4.69) is 5.32 Å². The third kappa shape index (κ3) is 3.09. The van der Waals surface area contributed by atoms with E-state index >= 15 is 0 Å². The topological polar surface area (TPSA) is 68.3 Å². The summed E-state index contributed by atoms with van der Waals surface area (Å²) < 4.78 is 4.84. The van der Waals surface area contributed by atoms with E-state index in [1.54, 1.807) is 6.07 Å². The fraction of sp³-hybridized carbons (Fsp3) is 0.545. The standard InChI is InChI=1S/C11H18N2O2/c1-11(2,3)9(6-12)13-10(14)8-4-5-15-7-8/h4-5,7,9H,6,12H2,1-3H3,(H,13,14). The summed E-state index contributed by atoms with van der Waals surface area (Å²) >= 11 is 0. The minimum atomic E-state index is -0.144. The van der Waals surface area contributed by atoms with Gasteiger partial charge in [0.25, 0.3) is 5.91 Å². The first-order chi connectivity index (χ1) is 6.95. The normalized spacial score (nSPS) is 13.6. The van der Waals surface area contributed by atoms with Crippen LogP contribution >= 0.6 is 0 Å². The number of hydrogen-bond donors (Lipinski definition) is 2. The molecule has 0 saturated carbocycles. The van der Waals surface area contributed by atoms with Crippen LogP contribution in [0.15, 0.2) is 23.0 Å². The second-order valence-corrected chi connectivity index (χ2v) is 4.64. The average molecular weight is 210 g/mol. The van der Waals surface area contributed by atoms with Gasteiger partial charge in [-0.3, -0.25) is 4.79 Å². The van der Waals surface area contributed by atoms with Crippen molar-refractivity contribution < 1.29 is 9.21 Å². The average Bonchev–Trinajstić information content (AvgIpc) is 2.64. The van der Waals surface area contributed by atoms with E-state index in [-0.39, 0.29) is 17.4 Å². The molecule has 4 heteroatoms. The number of furan rings is 1. The molecule has 1 heterocycles. The van der Waals surface area contributed by atoms with Gasteiger partial charge in [0.15, 0.2) is 0 Å². The minimum absolute atomic E-state index is 0.0418. The molecule has 84 valence electrons. The molecule has 15 heavy (non-hydrogen) atoms. The molecule has 0 aliphatic rings. The highest BCUT2D eigenvalue weighted by Crippen LogP contribution is 2.18. The van der Waals surface area contributed by atoms with Crippen LogP contribution in [-0.2, 0) is 0 Å². The fourth-order valence-electron chi connectivity index (χ4n) is 1.26. The van der Waals surface area contributed by atoms with Crippen molar-refractivity contribution in [2.45, 2.75) is 26.8 Å². The van der Waals surface area contributed by atoms with Crippen LogP contribution in [0, 0.1) is 5.41 Å². The Morgan fingerprint density at radius 2 is 2.27 bits per heavy atom. The Balaban J connectivity index is 2.65. The molecule has 0 spiro atoms. The number of nitrogens with one attached hydrogen (secondary N) is 1. The first-order valence-electron chi connectivity index (χ1n) is 4.98. The number of rotatable bonds is 3. The van der Waals surface area contributed by atoms with Crippen LogP contribution in [0.5, 0.6) is 0 Å². The van der Waals surface area contributed by atoms with E-state index in [4.69, 9.17) is 10.2 Å². The number of carbonyl (C=O) groups excluding carboxylic acids is 1. The molecule has 1 aromatic heterocycles. The van der Waals surface area contributed by atoms with Crippen molar-refractivity contribution in [2.75, 3.05) is 6.54 Å². The van der Waals surface area contributed by atoms with Gasteiger partial charge in [-0.25, -0.2) is 0 Å². The summed E-state index contributed by atoms with van der Waals surface area (Å²) in [5.74, 6) is -0.144. The number of nitrogens with two attached hydrogens (primary N) is 1. The minimum Gasteiger partial charge on any atom is -0.472 e. The lowest BCUT2D eigenvalue weighted by molar-refractivity contribution is 0.0905. The summed E-state index contributed by atoms with van der Waals surface area (Å²) in [6.07, 6.45) is 2.90. The van der Waals surface area contributed by atoms with Gasteiger partial charge in [0, 0.05) is 12.6 Å². The van der Waals surface area contributed by atoms with Crippen molar-refractivity contribution >= 4 is 5.91 Å². The zero-order valence-corrected chi connectivity index (χ0v) is 9.41. The Morgan fingerprint density at radius 1 is 1.60 bits per heavy atom. The maximum atomic E-state index is 11.7. The quantitative estimate of drug-likeness (QED) is 0.792. The summed E-state index contributed by atoms with van der Waals surface area (Å²) in [5, 5.41) is 2.89. The Bertz CT molecular complexity index is 312. The molecular weight excluding hydrogens is 192 g/mol. The van der Waals surface area contributed by atoms with Crippen molar-refractivity contribution in [1.82, 2.24) is 5.32 Å². The smallest absolute Gasteiger partial charge is 0.254 e. The van der Waals surface area contributed by atoms with Gasteiger partial charge in [-0.15, -0.1) is 0 Å². The molecule has 0 fully saturated rings. The van der Waals surface area contributed by atoms with Crippen LogP contribution in [0.25, 0.3) is 0 Å². The van der Waals surface area contributed by atoms with Gasteiger partial charge in [0.1, 0.15) is 6.26 Å². The molecule has 0 aliphatic carbocycles. The second-order valence-electron chi connectivity index (χ2n) is 4.64. The maximum absolute atomic E-state index is 11.7. The zero-order chi connectivity index (χ0) is 11.5. The third-order valence-electron chi connectivity index (χ3n) is 2.37. The summed E-state index contributed by atoms with van der Waals surface area (Å²) in [6, 6.07) is 1.59. The number of hydrogen-bond acceptors (Lipinski definition) is 3. The molecule has 0 aromatic carbocycles. The summed E-state index contributed by atoms with van der Waals surface area (Å²) in [4.78, 5) is 11.7. The van der Waals surface area contributed by atoms with Crippen molar-refractivity contribution in [3.8, 4) is 0 Å². The highest BCUT2D eigenvalue weighted by atomic mass is 16.3. The molecule has 3 N–H and O–H groups in total. The molecule has 4 nitrogen and oxygen atoms in total. The van der Waals surface area contributed by atoms with Crippen molar-refractivity contribution in [2.24, 2.45) is 11.1 Å². The van der Waals surface area contributed by atoms with Gasteiger partial charge in [0.2, 0.25) is 0 Å². The third-order valence-corrected chi connectivity index (χ3v) is 2.37. The predicted octanol–water partition coefficient (Wildman–Crippen LogP) is 1.38. The van der Waals surface area contributed by atoms with E-state index in [9.17, 15) is 4.79 Å². The van der Waals surface area contributed by atoms with Crippen LogP contribution in [-0.4, -0.2) is 18.5 Å². The van der Waals surface area contributed by atoms with Gasteiger partial charge in [-0.05, 0) is 11.5 Å². The van der Waals surface area contributed by atoms with Crippen LogP contribution < -0.4 is 11.1 Å². The largest absolute Gasteiger partial charge is 0.472 e. The monoisotopic (exact) mass is 210 g/mol. The van der Waals surface area contributed by atoms with E-state index in [1.807, 2.05) is 20.8 Å². The molecule has 1 amide bonds. The molecule has 1 rings (SSSR count). The second kappa shape index (κ2) is 4.49. The molecule has 1 atom stereocenters. The SMILES string of the molecule is CC(C)(C)C(CN)NC(=O)c1ccoc1. The maximum Gasteiger partial charge on any atom is 0.254 e.